The molecule has 0 aliphatic carbocycles. The largest absolute Gasteiger partial charge is 0.456 e. The summed E-state index contributed by atoms with van der Waals surface area (Å²) < 4.78 is 160. The molecule has 49 heavy (non-hydrogen) atoms. The summed E-state index contributed by atoms with van der Waals surface area (Å²) >= 11 is 0. The van der Waals surface area contributed by atoms with E-state index in [1.165, 1.54) is 0 Å². The minimum absolute atomic E-state index is 0.190. The maximum Gasteiger partial charge on any atom is 0.136 e. The minimum Gasteiger partial charge on any atom is -0.456 e. The van der Waals surface area contributed by atoms with Crippen LogP contribution in [-0.4, -0.2) is 0 Å². The topological polar surface area (TPSA) is 13.1 Å². The maximum absolute atomic E-state index is 10.1. The molecule has 0 saturated carbocycles. The number of hydrogen-bond acceptors (Lipinski definition) is 1. The first-order valence-corrected chi connectivity index (χ1v) is 15.5. The van der Waals surface area contributed by atoms with Gasteiger partial charge >= 0.3 is 0 Å². The molecule has 1 heteroatoms. The van der Waals surface area contributed by atoms with E-state index in [-0.39, 0.29) is 11.1 Å². The van der Waals surface area contributed by atoms with Crippen LogP contribution in [0.15, 0.2) is 186 Å². The molecular weight excluding hydrogens is 593 g/mol. The lowest BCUT2D eigenvalue weighted by atomic mass is 9.85. The van der Waals surface area contributed by atoms with Crippen LogP contribution in [0, 0.1) is 0 Å². The van der Waals surface area contributed by atoms with Crippen molar-refractivity contribution in [3.05, 3.63) is 182 Å². The van der Waals surface area contributed by atoms with Gasteiger partial charge in [0, 0.05) is 10.8 Å². The highest BCUT2D eigenvalue weighted by atomic mass is 16.3. The molecule has 1 nitrogen and oxygen atoms in total. The van der Waals surface area contributed by atoms with Crippen molar-refractivity contribution in [2.75, 3.05) is 0 Å². The lowest BCUT2D eigenvalue weighted by molar-refractivity contribution is 0.669. The Morgan fingerprint density at radius 3 is 1.59 bits per heavy atom. The SMILES string of the molecule is [2H]c1c([2H])c([2H])c(-c2c3c([2H])c([2H])c([2H])c([2H])c3c(-c3c([2H])c([2H])c([2H])c(-c4cccc5oc6cccc(-c7cccc8ccccc78)c6c45)c3[2H])c3c([2H])c([2H])c([2H])c([2H])c23)c([2H])c1[2H]. The van der Waals surface area contributed by atoms with Crippen LogP contribution in [0.25, 0.3) is 98.8 Å². The van der Waals surface area contributed by atoms with Crippen molar-refractivity contribution in [1.29, 1.82) is 0 Å². The zero-order valence-electron chi connectivity index (χ0n) is 42.4. The Hall–Kier alpha value is -6.44. The maximum atomic E-state index is 10.1. The summed E-state index contributed by atoms with van der Waals surface area (Å²) in [6.07, 6.45) is 0. The molecule has 10 aromatic rings. The van der Waals surface area contributed by atoms with E-state index in [9.17, 15) is 11.0 Å². The first-order chi connectivity index (χ1) is 31.4. The second-order valence-corrected chi connectivity index (χ2v) is 11.5. The molecule has 0 bridgehead atoms. The molecule has 9 aromatic carbocycles. The number of furan rings is 1. The summed E-state index contributed by atoms with van der Waals surface area (Å²) in [7, 11) is 0. The van der Waals surface area contributed by atoms with E-state index in [0.29, 0.717) is 21.9 Å². The van der Waals surface area contributed by atoms with Crippen LogP contribution in [-0.2, 0) is 0 Å². The predicted molar refractivity (Wildman–Crippen MR) is 208 cm³/mol. The van der Waals surface area contributed by atoms with Gasteiger partial charge in [-0.05, 0) is 95.0 Å². The van der Waals surface area contributed by atoms with Gasteiger partial charge in [-0.3, -0.25) is 0 Å². The molecule has 0 amide bonds. The normalized spacial score (nSPS) is 16.5. The van der Waals surface area contributed by atoms with E-state index in [1.807, 2.05) is 54.6 Å². The summed E-state index contributed by atoms with van der Waals surface area (Å²) in [5.41, 5.74) is 0.373. The van der Waals surface area contributed by atoms with Crippen LogP contribution in [0.1, 0.15) is 23.3 Å². The van der Waals surface area contributed by atoms with Crippen molar-refractivity contribution in [3.63, 3.8) is 0 Å². The van der Waals surface area contributed by atoms with Crippen molar-refractivity contribution in [2.45, 2.75) is 0 Å². The highest BCUT2D eigenvalue weighted by Gasteiger charge is 2.20. The third-order valence-electron chi connectivity index (χ3n) is 8.87. The van der Waals surface area contributed by atoms with Crippen LogP contribution in [0.5, 0.6) is 0 Å². The molecule has 0 radical (unpaired) electrons. The Balaban J connectivity index is 1.43. The lowest BCUT2D eigenvalue weighted by Crippen LogP contribution is -1.91. The van der Waals surface area contributed by atoms with E-state index < -0.39 is 147 Å². The van der Waals surface area contributed by atoms with Gasteiger partial charge < -0.3 is 4.42 Å². The Labute approximate surface area is 308 Å². The fourth-order valence-corrected chi connectivity index (χ4v) is 6.86. The van der Waals surface area contributed by atoms with Crippen molar-refractivity contribution in [1.82, 2.24) is 0 Å². The average Bonchev–Trinajstić information content (AvgIpc) is 3.71. The molecular formula is C48H30O. The molecule has 0 saturated heterocycles. The van der Waals surface area contributed by atoms with Crippen LogP contribution in [0.4, 0.5) is 0 Å². The fourth-order valence-electron chi connectivity index (χ4n) is 6.86. The van der Waals surface area contributed by atoms with E-state index in [2.05, 4.69) is 0 Å². The van der Waals surface area contributed by atoms with Gasteiger partial charge in [-0.25, -0.2) is 0 Å². The van der Waals surface area contributed by atoms with Crippen molar-refractivity contribution in [3.8, 4) is 44.5 Å². The summed E-state index contributed by atoms with van der Waals surface area (Å²) in [5, 5.41) is 0.944. The van der Waals surface area contributed by atoms with Gasteiger partial charge in [-0.2, -0.15) is 0 Å². The number of rotatable bonds is 4. The number of fused-ring (bicyclic) bond motifs is 6. The van der Waals surface area contributed by atoms with Gasteiger partial charge in [0.2, 0.25) is 0 Å². The molecule has 1 aromatic heterocycles. The van der Waals surface area contributed by atoms with Crippen LogP contribution >= 0.6 is 0 Å². The fraction of sp³-hybridized carbons (Fsp3) is 0. The monoisotopic (exact) mass is 639 g/mol. The summed E-state index contributed by atoms with van der Waals surface area (Å²) in [6.45, 7) is 0. The third kappa shape index (κ3) is 4.33. The highest BCUT2D eigenvalue weighted by Crippen LogP contribution is 2.46. The Morgan fingerprint density at radius 2 is 0.878 bits per heavy atom. The molecule has 0 N–H and O–H groups in total. The van der Waals surface area contributed by atoms with Gasteiger partial charge in [-0.1, -0.05) is 163 Å². The molecule has 10 rings (SSSR count). The summed E-state index contributed by atoms with van der Waals surface area (Å²) in [4.78, 5) is 0. The summed E-state index contributed by atoms with van der Waals surface area (Å²) in [6, 6.07) is 11.0. The molecule has 0 spiro atoms. The first kappa shape index (κ1) is 15.6. The van der Waals surface area contributed by atoms with Crippen LogP contribution in [0.2, 0.25) is 0 Å². The molecule has 0 aliphatic rings. The molecule has 1 heterocycles. The summed E-state index contributed by atoms with van der Waals surface area (Å²) in [5.74, 6) is 0. The van der Waals surface area contributed by atoms with E-state index in [4.69, 9.17) is 16.8 Å². The van der Waals surface area contributed by atoms with E-state index >= 15 is 0 Å². The van der Waals surface area contributed by atoms with E-state index in [0.717, 1.165) is 21.9 Å². The van der Waals surface area contributed by atoms with Crippen molar-refractivity contribution in [2.24, 2.45) is 0 Å². The Morgan fingerprint density at radius 1 is 0.367 bits per heavy atom. The average molecular weight is 640 g/mol. The van der Waals surface area contributed by atoms with Gasteiger partial charge in [-0.15, -0.1) is 0 Å². The van der Waals surface area contributed by atoms with Gasteiger partial charge in [0.15, 0.2) is 0 Å². The zero-order valence-corrected chi connectivity index (χ0v) is 25.4. The van der Waals surface area contributed by atoms with Crippen LogP contribution < -0.4 is 0 Å². The molecule has 228 valence electrons. The quantitative estimate of drug-likeness (QED) is 0.175. The molecule has 0 aliphatic heterocycles. The third-order valence-corrected chi connectivity index (χ3v) is 8.87. The first-order valence-electron chi connectivity index (χ1n) is 24.0. The number of benzene rings is 9. The Bertz CT molecular complexity index is 3740. The van der Waals surface area contributed by atoms with E-state index in [1.54, 1.807) is 24.3 Å². The zero-order chi connectivity index (χ0) is 47.1. The van der Waals surface area contributed by atoms with Gasteiger partial charge in [0.1, 0.15) is 11.2 Å². The molecule has 0 unspecified atom stereocenters. The van der Waals surface area contributed by atoms with Crippen molar-refractivity contribution >= 4 is 54.3 Å². The standard InChI is InChI=1S/C48H30O/c1-2-15-32(16-3-1)45-39-21-6-8-23-41(39)46(42-24-9-7-22-40(42)45)34-19-10-18-33(30-34)36-25-12-28-43-47(36)48-38(27-13-29-44(48)49-43)37-26-11-17-31-14-4-5-20-35(31)37/h1-30H/i1D,2D,3D,6D,7D,8D,9D,10D,15D,16D,18D,19D,21D,22D,23D,24D,30D. The Kier molecular flexibility index (Phi) is 3.54. The molecule has 0 fully saturated rings. The second-order valence-electron chi connectivity index (χ2n) is 11.5. The van der Waals surface area contributed by atoms with Crippen LogP contribution in [0.3, 0.4) is 0 Å². The van der Waals surface area contributed by atoms with Gasteiger partial charge in [0.25, 0.3) is 0 Å². The van der Waals surface area contributed by atoms with Crippen molar-refractivity contribution < 1.29 is 27.7 Å². The smallest absolute Gasteiger partial charge is 0.136 e. The van der Waals surface area contributed by atoms with Gasteiger partial charge in [0.05, 0.1) is 23.3 Å². The minimum atomic E-state index is -0.826. The predicted octanol–water partition coefficient (Wildman–Crippen LogP) is 13.7. The highest BCUT2D eigenvalue weighted by molar-refractivity contribution is 6.22. The number of hydrogen-bond donors (Lipinski definition) is 0. The lowest BCUT2D eigenvalue weighted by Gasteiger charge is -2.18. The molecule has 0 atom stereocenters. The second kappa shape index (κ2) is 11.1.